The summed E-state index contributed by atoms with van der Waals surface area (Å²) in [4.78, 5) is 0. The third-order valence-electron chi connectivity index (χ3n) is 2.77. The molecule has 1 aromatic rings. The second kappa shape index (κ2) is 3.98. The summed E-state index contributed by atoms with van der Waals surface area (Å²) in [7, 11) is 0. The van der Waals surface area contributed by atoms with E-state index in [2.05, 4.69) is 5.32 Å². The van der Waals surface area contributed by atoms with Gasteiger partial charge in [0.25, 0.3) is 0 Å². The van der Waals surface area contributed by atoms with Crippen LogP contribution in [0.4, 0.5) is 5.69 Å². The van der Waals surface area contributed by atoms with Gasteiger partial charge in [-0.3, -0.25) is 0 Å². The van der Waals surface area contributed by atoms with Crippen molar-refractivity contribution < 1.29 is 5.11 Å². The van der Waals surface area contributed by atoms with E-state index < -0.39 is 0 Å². The standard InChI is InChI=1S/C11H16N2O/c12-9-3-4-10(8(6-9)7-14)11-2-1-5-13-11/h3-4,6,11,13-14H,1-2,5,7,12H2/t11-/m0/s1. The van der Waals surface area contributed by atoms with E-state index in [1.54, 1.807) is 0 Å². The molecule has 1 heterocycles. The molecule has 1 atom stereocenters. The number of hydrogen-bond donors (Lipinski definition) is 3. The molecule has 0 aromatic heterocycles. The highest BCUT2D eigenvalue weighted by Crippen LogP contribution is 2.27. The van der Waals surface area contributed by atoms with E-state index in [4.69, 9.17) is 5.73 Å². The zero-order chi connectivity index (χ0) is 9.97. The van der Waals surface area contributed by atoms with Crippen LogP contribution in [0.1, 0.15) is 30.0 Å². The molecule has 76 valence electrons. The molecule has 3 heteroatoms. The predicted octanol–water partition coefficient (Wildman–Crippen LogP) is 1.19. The van der Waals surface area contributed by atoms with Crippen LogP contribution >= 0.6 is 0 Å². The van der Waals surface area contributed by atoms with Crippen molar-refractivity contribution in [2.75, 3.05) is 12.3 Å². The molecule has 1 aliphatic rings. The molecule has 1 aromatic carbocycles. The third kappa shape index (κ3) is 1.74. The van der Waals surface area contributed by atoms with Crippen molar-refractivity contribution >= 4 is 5.69 Å². The van der Waals surface area contributed by atoms with Crippen LogP contribution in [0.2, 0.25) is 0 Å². The average molecular weight is 192 g/mol. The quantitative estimate of drug-likeness (QED) is 0.617. The number of nitrogen functional groups attached to an aromatic ring is 1. The molecular weight excluding hydrogens is 176 g/mol. The lowest BCUT2D eigenvalue weighted by Gasteiger charge is -2.15. The van der Waals surface area contributed by atoms with E-state index in [0.717, 1.165) is 24.2 Å². The zero-order valence-electron chi connectivity index (χ0n) is 8.16. The predicted molar refractivity (Wildman–Crippen MR) is 56.8 cm³/mol. The first-order valence-electron chi connectivity index (χ1n) is 5.04. The maximum Gasteiger partial charge on any atom is 0.0685 e. The van der Waals surface area contributed by atoms with Crippen molar-refractivity contribution in [1.82, 2.24) is 5.32 Å². The van der Waals surface area contributed by atoms with Gasteiger partial charge in [0.15, 0.2) is 0 Å². The fourth-order valence-corrected chi connectivity index (χ4v) is 2.05. The van der Waals surface area contributed by atoms with Gasteiger partial charge in [0.1, 0.15) is 0 Å². The highest BCUT2D eigenvalue weighted by atomic mass is 16.3. The minimum atomic E-state index is 0.0680. The molecule has 14 heavy (non-hydrogen) atoms. The van der Waals surface area contributed by atoms with Gasteiger partial charge in [-0.1, -0.05) is 6.07 Å². The van der Waals surface area contributed by atoms with Gasteiger partial charge in [-0.15, -0.1) is 0 Å². The van der Waals surface area contributed by atoms with Gasteiger partial charge in [0, 0.05) is 11.7 Å². The molecule has 2 rings (SSSR count). The Kier molecular flexibility index (Phi) is 2.70. The van der Waals surface area contributed by atoms with Gasteiger partial charge in [0.2, 0.25) is 0 Å². The van der Waals surface area contributed by atoms with Crippen molar-refractivity contribution in [3.8, 4) is 0 Å². The maximum absolute atomic E-state index is 9.22. The summed E-state index contributed by atoms with van der Waals surface area (Å²) in [5, 5.41) is 12.6. The number of aliphatic hydroxyl groups excluding tert-OH is 1. The summed E-state index contributed by atoms with van der Waals surface area (Å²) >= 11 is 0. The fraction of sp³-hybridized carbons (Fsp3) is 0.455. The topological polar surface area (TPSA) is 58.3 Å². The third-order valence-corrected chi connectivity index (χ3v) is 2.77. The number of aliphatic hydroxyl groups is 1. The van der Waals surface area contributed by atoms with E-state index in [1.165, 1.54) is 12.0 Å². The molecule has 4 N–H and O–H groups in total. The van der Waals surface area contributed by atoms with Gasteiger partial charge >= 0.3 is 0 Å². The van der Waals surface area contributed by atoms with Crippen LogP contribution in [-0.4, -0.2) is 11.7 Å². The first-order valence-corrected chi connectivity index (χ1v) is 5.04. The van der Waals surface area contributed by atoms with E-state index in [1.807, 2.05) is 18.2 Å². The average Bonchev–Trinajstić information content (AvgIpc) is 2.70. The molecule has 0 aliphatic carbocycles. The Labute approximate surface area is 83.9 Å². The maximum atomic E-state index is 9.22. The SMILES string of the molecule is Nc1ccc([C@@H]2CCCN2)c(CO)c1. The van der Waals surface area contributed by atoms with Gasteiger partial charge in [-0.2, -0.15) is 0 Å². The molecule has 0 unspecified atom stereocenters. The molecule has 0 amide bonds. The second-order valence-corrected chi connectivity index (χ2v) is 3.77. The normalized spacial score (nSPS) is 21.4. The summed E-state index contributed by atoms with van der Waals surface area (Å²) in [5.41, 5.74) is 8.53. The highest BCUT2D eigenvalue weighted by Gasteiger charge is 2.18. The van der Waals surface area contributed by atoms with E-state index in [9.17, 15) is 5.11 Å². The number of benzene rings is 1. The number of nitrogens with two attached hydrogens (primary N) is 1. The van der Waals surface area contributed by atoms with E-state index in [-0.39, 0.29) is 6.61 Å². The van der Waals surface area contributed by atoms with Crippen molar-refractivity contribution in [3.05, 3.63) is 29.3 Å². The van der Waals surface area contributed by atoms with Gasteiger partial charge in [-0.25, -0.2) is 0 Å². The largest absolute Gasteiger partial charge is 0.399 e. The highest BCUT2D eigenvalue weighted by molar-refractivity contribution is 5.45. The summed E-state index contributed by atoms with van der Waals surface area (Å²) < 4.78 is 0. The number of anilines is 1. The minimum Gasteiger partial charge on any atom is -0.399 e. The van der Waals surface area contributed by atoms with Crippen molar-refractivity contribution in [2.24, 2.45) is 0 Å². The van der Waals surface area contributed by atoms with Gasteiger partial charge < -0.3 is 16.2 Å². The van der Waals surface area contributed by atoms with Crippen molar-refractivity contribution in [3.63, 3.8) is 0 Å². The van der Waals surface area contributed by atoms with Crippen LogP contribution in [0.3, 0.4) is 0 Å². The van der Waals surface area contributed by atoms with Crippen LogP contribution < -0.4 is 11.1 Å². The van der Waals surface area contributed by atoms with Crippen molar-refractivity contribution in [1.29, 1.82) is 0 Å². The molecule has 1 aliphatic heterocycles. The molecular formula is C11H16N2O. The fourth-order valence-electron chi connectivity index (χ4n) is 2.05. The van der Waals surface area contributed by atoms with Crippen LogP contribution in [0, 0.1) is 0 Å². The minimum absolute atomic E-state index is 0.0680. The summed E-state index contributed by atoms with van der Waals surface area (Å²) in [6, 6.07) is 6.17. The number of hydrogen-bond acceptors (Lipinski definition) is 3. The summed E-state index contributed by atoms with van der Waals surface area (Å²) in [5.74, 6) is 0. The number of nitrogens with one attached hydrogen (secondary N) is 1. The molecule has 3 nitrogen and oxygen atoms in total. The first kappa shape index (κ1) is 9.49. The van der Waals surface area contributed by atoms with E-state index in [0.29, 0.717) is 6.04 Å². The Morgan fingerprint density at radius 2 is 2.36 bits per heavy atom. The molecule has 0 saturated carbocycles. The van der Waals surface area contributed by atoms with Crippen molar-refractivity contribution in [2.45, 2.75) is 25.5 Å². The Hall–Kier alpha value is -1.06. The number of rotatable bonds is 2. The Bertz CT molecular complexity index is 319. The van der Waals surface area contributed by atoms with Crippen LogP contribution in [0.25, 0.3) is 0 Å². The lowest BCUT2D eigenvalue weighted by Crippen LogP contribution is -2.14. The first-order chi connectivity index (χ1) is 6.81. The Morgan fingerprint density at radius 1 is 1.50 bits per heavy atom. The molecule has 1 fully saturated rings. The molecule has 0 spiro atoms. The van der Waals surface area contributed by atoms with Gasteiger partial charge in [-0.05, 0) is 42.6 Å². The molecule has 1 saturated heterocycles. The Balaban J connectivity index is 2.31. The monoisotopic (exact) mass is 192 g/mol. The van der Waals surface area contributed by atoms with Gasteiger partial charge in [0.05, 0.1) is 6.61 Å². The molecule has 0 radical (unpaired) electrons. The van der Waals surface area contributed by atoms with Crippen LogP contribution in [0.15, 0.2) is 18.2 Å². The van der Waals surface area contributed by atoms with E-state index >= 15 is 0 Å². The second-order valence-electron chi connectivity index (χ2n) is 3.77. The zero-order valence-corrected chi connectivity index (χ0v) is 8.16. The molecule has 0 bridgehead atoms. The smallest absolute Gasteiger partial charge is 0.0685 e. The lowest BCUT2D eigenvalue weighted by molar-refractivity contribution is 0.279. The van der Waals surface area contributed by atoms with Crippen LogP contribution in [-0.2, 0) is 6.61 Å². The Morgan fingerprint density at radius 3 is 3.00 bits per heavy atom. The van der Waals surface area contributed by atoms with Crippen LogP contribution in [0.5, 0.6) is 0 Å². The summed E-state index contributed by atoms with van der Waals surface area (Å²) in [6.45, 7) is 1.14. The lowest BCUT2D eigenvalue weighted by atomic mass is 9.99. The summed E-state index contributed by atoms with van der Waals surface area (Å²) in [6.07, 6.45) is 2.36.